The van der Waals surface area contributed by atoms with Gasteiger partial charge >= 0.3 is 42.1 Å². The highest BCUT2D eigenvalue weighted by atomic mass is 32.3. The smallest absolute Gasteiger partial charge is 0.388 e. The largest absolute Gasteiger partial charge is 0.483 e. The van der Waals surface area contributed by atoms with Crippen molar-refractivity contribution in [3.63, 3.8) is 0 Å². The van der Waals surface area contributed by atoms with Gasteiger partial charge in [0.15, 0.2) is 12.5 Å². The molecule has 2 saturated heterocycles. The number of hydrogen-bond acceptors (Lipinski definition) is 19. The topological polar surface area (TPSA) is 393 Å². The molecule has 1 aromatic heterocycles. The average molecular weight is 767 g/mol. The van der Waals surface area contributed by atoms with Crippen LogP contribution in [-0.2, 0) is 65.9 Å². The molecule has 1 aromatic rings. The fourth-order valence-electron chi connectivity index (χ4n) is 4.14. The number of nitrogens with one attached hydrogen (secondary N) is 2. The second-order valence-corrected chi connectivity index (χ2v) is 14.6. The number of ether oxygens (including phenoxy) is 2. The van der Waals surface area contributed by atoms with Crippen molar-refractivity contribution in [3.05, 3.63) is 33.1 Å². The predicted octanol–water partition coefficient (Wildman–Crippen LogP) is -5.00. The van der Waals surface area contributed by atoms with Crippen LogP contribution in [0.25, 0.3) is 0 Å². The van der Waals surface area contributed by atoms with Gasteiger partial charge in [0.2, 0.25) is 5.91 Å². The van der Waals surface area contributed by atoms with Crippen molar-refractivity contribution in [3.8, 4) is 0 Å². The summed E-state index contributed by atoms with van der Waals surface area (Å²) >= 11 is 0. The standard InChI is InChI=1S/C17H27N3O23P2S2/c1-6(21)18-10-12(24)14(42-47(34,35)36)8(5-38-46(31,32)33)40-16(10)41-45(29,30)43-44(27,28)37-4-7-11(23)13(25)15(39-7)20-3-2-9(22)19-17(20)26/h2-3,7-8,10-16,23-25H,4-5H2,1H3,(H,18,21)(H,27,28)(H,29,30)(H,19,22,26)(H,31,32,33)(H,34,35,36)/t7-,8-,10-,11-,12-,13-,14+,15-,16+/m1/s1. The van der Waals surface area contributed by atoms with Gasteiger partial charge in [-0.05, 0) is 0 Å². The first-order chi connectivity index (χ1) is 21.4. The molecule has 3 heterocycles. The lowest BCUT2D eigenvalue weighted by Crippen LogP contribution is -2.65. The van der Waals surface area contributed by atoms with E-state index in [-0.39, 0.29) is 0 Å². The minimum absolute atomic E-state index is 0.657. The molecule has 9 N–H and O–H groups in total. The maximum absolute atomic E-state index is 12.7. The molecule has 0 bridgehead atoms. The van der Waals surface area contributed by atoms with Gasteiger partial charge in [-0.25, -0.2) is 22.3 Å². The number of nitrogens with zero attached hydrogens (tertiary/aromatic N) is 1. The van der Waals surface area contributed by atoms with Crippen LogP contribution in [0.2, 0.25) is 0 Å². The van der Waals surface area contributed by atoms with Crippen LogP contribution in [0, 0.1) is 0 Å². The van der Waals surface area contributed by atoms with E-state index in [9.17, 15) is 65.5 Å². The fraction of sp³-hybridized carbons (Fsp3) is 0.706. The summed E-state index contributed by atoms with van der Waals surface area (Å²) in [6, 6.07) is -1.26. The number of phosphoric acid groups is 2. The third-order valence-electron chi connectivity index (χ3n) is 5.96. The van der Waals surface area contributed by atoms with Gasteiger partial charge < -0.3 is 39.9 Å². The lowest BCUT2D eigenvalue weighted by atomic mass is 9.97. The Bertz CT molecular complexity index is 1730. The number of amides is 1. The Morgan fingerprint density at radius 3 is 2.17 bits per heavy atom. The van der Waals surface area contributed by atoms with Crippen LogP contribution in [-0.4, -0.2) is 129 Å². The summed E-state index contributed by atoms with van der Waals surface area (Å²) in [7, 11) is -22.5. The van der Waals surface area contributed by atoms with Crippen molar-refractivity contribution in [1.82, 2.24) is 14.9 Å². The second kappa shape index (κ2) is 14.8. The van der Waals surface area contributed by atoms with Crippen molar-refractivity contribution in [2.24, 2.45) is 0 Å². The van der Waals surface area contributed by atoms with Crippen molar-refractivity contribution >= 4 is 42.4 Å². The number of aliphatic hydroxyl groups excluding tert-OH is 3. The lowest BCUT2D eigenvalue weighted by molar-refractivity contribution is -0.241. The first-order valence-electron chi connectivity index (χ1n) is 12.3. The van der Waals surface area contributed by atoms with Crippen LogP contribution in [0.4, 0.5) is 0 Å². The molecule has 0 aromatic carbocycles. The van der Waals surface area contributed by atoms with E-state index in [0.717, 1.165) is 19.2 Å². The van der Waals surface area contributed by atoms with Crippen molar-refractivity contribution < 1.29 is 96.2 Å². The van der Waals surface area contributed by atoms with Gasteiger partial charge in [0.05, 0.1) is 13.2 Å². The third kappa shape index (κ3) is 11.2. The first-order valence-corrected chi connectivity index (χ1v) is 18.0. The van der Waals surface area contributed by atoms with Gasteiger partial charge in [0.1, 0.15) is 42.7 Å². The number of hydrogen-bond donors (Lipinski definition) is 9. The molecule has 2 unspecified atom stereocenters. The highest BCUT2D eigenvalue weighted by Gasteiger charge is 2.52. The maximum atomic E-state index is 12.7. The first kappa shape index (κ1) is 39.4. The molecule has 0 spiro atoms. The average Bonchev–Trinajstić information content (AvgIpc) is 3.17. The van der Waals surface area contributed by atoms with Crippen LogP contribution < -0.4 is 16.6 Å². The molecule has 26 nitrogen and oxygen atoms in total. The van der Waals surface area contributed by atoms with Gasteiger partial charge in [-0.2, -0.15) is 21.1 Å². The van der Waals surface area contributed by atoms with Crippen molar-refractivity contribution in [2.45, 2.75) is 62.1 Å². The Morgan fingerprint density at radius 1 is 0.979 bits per heavy atom. The Hall–Kier alpha value is -2.05. The number of aromatic amines is 1. The van der Waals surface area contributed by atoms with Crippen LogP contribution in [0.1, 0.15) is 13.2 Å². The van der Waals surface area contributed by atoms with Gasteiger partial charge in [0.25, 0.3) is 5.56 Å². The molecule has 30 heteroatoms. The van der Waals surface area contributed by atoms with E-state index < -0.39 is 122 Å². The summed E-state index contributed by atoms with van der Waals surface area (Å²) in [5.74, 6) is -1.05. The van der Waals surface area contributed by atoms with E-state index >= 15 is 0 Å². The third-order valence-corrected chi connectivity index (χ3v) is 9.46. The molecule has 1 amide bonds. The quantitative estimate of drug-likeness (QED) is 0.0632. The summed E-state index contributed by atoms with van der Waals surface area (Å²) < 4.78 is 120. The van der Waals surface area contributed by atoms with Gasteiger partial charge in [-0.1, -0.05) is 0 Å². The summed E-state index contributed by atoms with van der Waals surface area (Å²) in [6.45, 7) is -1.78. The fourth-order valence-corrected chi connectivity index (χ4v) is 7.13. The highest BCUT2D eigenvalue weighted by Crippen LogP contribution is 2.61. The van der Waals surface area contributed by atoms with E-state index in [1.807, 2.05) is 10.3 Å². The van der Waals surface area contributed by atoms with Gasteiger partial charge in [-0.15, -0.1) is 0 Å². The molecule has 0 aliphatic carbocycles. The van der Waals surface area contributed by atoms with E-state index in [4.69, 9.17) is 18.6 Å². The summed E-state index contributed by atoms with van der Waals surface area (Å²) in [5, 5.41) is 33.0. The van der Waals surface area contributed by atoms with E-state index in [0.29, 0.717) is 4.57 Å². The number of phosphoric ester groups is 2. The van der Waals surface area contributed by atoms with Crippen molar-refractivity contribution in [1.29, 1.82) is 0 Å². The molecule has 2 aliphatic heterocycles. The number of rotatable bonds is 14. The molecule has 270 valence electrons. The minimum Gasteiger partial charge on any atom is -0.388 e. The SMILES string of the molecule is CC(=O)N[C@H]1[C@H](OP(=O)(O)OP(=O)(O)OC[C@H]2O[C@@H](n3ccc(=O)[nH]c3=O)[C@H](O)[C@@H]2O)O[C@H](COS(=O)(=O)O)[C@H](OS(=O)(=O)O)[C@@H]1O. The lowest BCUT2D eigenvalue weighted by Gasteiger charge is -2.43. The zero-order valence-corrected chi connectivity index (χ0v) is 26.5. The Balaban J connectivity index is 1.75. The zero-order chi connectivity index (χ0) is 35.7. The number of aromatic nitrogens is 2. The van der Waals surface area contributed by atoms with E-state index in [1.54, 1.807) is 0 Å². The molecule has 0 radical (unpaired) electrons. The normalized spacial score (nSPS) is 32.7. The molecule has 3 rings (SSSR count). The summed E-state index contributed by atoms with van der Waals surface area (Å²) in [4.78, 5) is 57.0. The van der Waals surface area contributed by atoms with Gasteiger partial charge in [0, 0.05) is 19.2 Å². The van der Waals surface area contributed by atoms with Crippen LogP contribution in [0.3, 0.4) is 0 Å². The molecule has 2 aliphatic rings. The Kier molecular flexibility index (Phi) is 12.4. The molecule has 2 fully saturated rings. The highest BCUT2D eigenvalue weighted by molar-refractivity contribution is 7.81. The molecular weight excluding hydrogens is 740 g/mol. The van der Waals surface area contributed by atoms with E-state index in [1.165, 1.54) is 0 Å². The molecule has 11 atom stereocenters. The maximum Gasteiger partial charge on any atom is 0.483 e. The summed E-state index contributed by atoms with van der Waals surface area (Å²) in [6.07, 6.45) is -15.8. The van der Waals surface area contributed by atoms with E-state index in [2.05, 4.69) is 21.7 Å². The molecule has 0 saturated carbocycles. The van der Waals surface area contributed by atoms with Crippen LogP contribution >= 0.6 is 15.6 Å². The number of carbonyl (C=O) groups excluding carboxylic acids is 1. The zero-order valence-electron chi connectivity index (χ0n) is 23.1. The number of carbonyl (C=O) groups is 1. The second-order valence-electron chi connectivity index (χ2n) is 9.44. The van der Waals surface area contributed by atoms with Crippen LogP contribution in [0.5, 0.6) is 0 Å². The monoisotopic (exact) mass is 767 g/mol. The number of aliphatic hydroxyl groups is 3. The predicted molar refractivity (Wildman–Crippen MR) is 141 cm³/mol. The molecule has 47 heavy (non-hydrogen) atoms. The Labute approximate surface area is 261 Å². The minimum atomic E-state index is -5.96. The Morgan fingerprint density at radius 2 is 1.62 bits per heavy atom. The van der Waals surface area contributed by atoms with Gasteiger partial charge in [-0.3, -0.25) is 37.3 Å². The van der Waals surface area contributed by atoms with Crippen LogP contribution in [0.15, 0.2) is 21.9 Å². The molecular formula is C17H27N3O23P2S2. The van der Waals surface area contributed by atoms with Crippen molar-refractivity contribution in [2.75, 3.05) is 13.2 Å². The summed E-state index contributed by atoms with van der Waals surface area (Å²) in [5.41, 5.74) is -1.88. The number of H-pyrrole nitrogens is 1.